The van der Waals surface area contributed by atoms with Gasteiger partial charge in [-0.2, -0.15) is 5.10 Å². The van der Waals surface area contributed by atoms with Gasteiger partial charge >= 0.3 is 0 Å². The van der Waals surface area contributed by atoms with Crippen LogP contribution in [0.2, 0.25) is 0 Å². The molecular formula is C14H27ClN6O2. The normalized spacial score (nSPS) is 12.0. The number of carbonyl (C=O) groups excluding carboxylic acids is 2. The summed E-state index contributed by atoms with van der Waals surface area (Å²) in [5.41, 5.74) is 6.30. The molecule has 0 aliphatic rings. The Balaban J connectivity index is 0.00000484. The van der Waals surface area contributed by atoms with E-state index in [-0.39, 0.29) is 36.7 Å². The van der Waals surface area contributed by atoms with Crippen LogP contribution in [-0.4, -0.2) is 59.7 Å². The molecule has 0 aliphatic heterocycles. The molecule has 0 aromatic carbocycles. The molecule has 4 N–H and O–H groups in total. The van der Waals surface area contributed by atoms with E-state index in [4.69, 9.17) is 5.73 Å². The summed E-state index contributed by atoms with van der Waals surface area (Å²) in [6, 6.07) is -0.572. The Morgan fingerprint density at radius 1 is 1.39 bits per heavy atom. The Bertz CT molecular complexity index is 503. The Hall–Kier alpha value is -1.64. The van der Waals surface area contributed by atoms with Crippen LogP contribution >= 0.6 is 12.4 Å². The van der Waals surface area contributed by atoms with E-state index in [0.29, 0.717) is 12.2 Å². The molecule has 0 saturated carbocycles. The van der Waals surface area contributed by atoms with Gasteiger partial charge in [-0.05, 0) is 20.0 Å². The number of hydrogen-bond donors (Lipinski definition) is 3. The maximum atomic E-state index is 11.8. The number of anilines is 1. The molecule has 9 heteroatoms. The minimum absolute atomic E-state index is 0. The molecule has 1 aromatic rings. The molecular weight excluding hydrogens is 320 g/mol. The van der Waals surface area contributed by atoms with Crippen LogP contribution in [0, 0.1) is 5.92 Å². The van der Waals surface area contributed by atoms with Crippen molar-refractivity contribution in [1.82, 2.24) is 20.0 Å². The average Bonchev–Trinajstić information content (AvgIpc) is 2.84. The molecule has 0 fully saturated rings. The SMILES string of the molecule is CC(C)[C@H](N)C(=O)Nc1cnn(CC(=O)NCCN(C)C)c1.Cl. The van der Waals surface area contributed by atoms with Crippen molar-refractivity contribution >= 4 is 29.9 Å². The van der Waals surface area contributed by atoms with Crippen molar-refractivity contribution in [2.45, 2.75) is 26.4 Å². The summed E-state index contributed by atoms with van der Waals surface area (Å²) in [7, 11) is 3.88. The van der Waals surface area contributed by atoms with E-state index in [1.54, 1.807) is 6.20 Å². The van der Waals surface area contributed by atoms with Crippen LogP contribution in [0.4, 0.5) is 5.69 Å². The first-order valence-corrected chi connectivity index (χ1v) is 7.30. The van der Waals surface area contributed by atoms with Crippen LogP contribution in [0.5, 0.6) is 0 Å². The number of nitrogens with zero attached hydrogens (tertiary/aromatic N) is 3. The van der Waals surface area contributed by atoms with Gasteiger partial charge in [-0.15, -0.1) is 12.4 Å². The fourth-order valence-corrected chi connectivity index (χ4v) is 1.66. The second-order valence-electron chi connectivity index (χ2n) is 5.84. The van der Waals surface area contributed by atoms with Crippen molar-refractivity contribution < 1.29 is 9.59 Å². The first-order valence-electron chi connectivity index (χ1n) is 7.30. The molecule has 132 valence electrons. The average molecular weight is 347 g/mol. The maximum absolute atomic E-state index is 11.8. The summed E-state index contributed by atoms with van der Waals surface area (Å²) in [5.74, 6) is -0.329. The summed E-state index contributed by atoms with van der Waals surface area (Å²) in [6.07, 6.45) is 3.11. The van der Waals surface area contributed by atoms with Gasteiger partial charge in [-0.3, -0.25) is 14.3 Å². The maximum Gasteiger partial charge on any atom is 0.241 e. The largest absolute Gasteiger partial charge is 0.353 e. The smallest absolute Gasteiger partial charge is 0.241 e. The first-order chi connectivity index (χ1) is 10.3. The van der Waals surface area contributed by atoms with Crippen molar-refractivity contribution in [3.8, 4) is 0 Å². The minimum atomic E-state index is -0.572. The van der Waals surface area contributed by atoms with Gasteiger partial charge in [0, 0.05) is 19.3 Å². The number of hydrogen-bond acceptors (Lipinski definition) is 5. The molecule has 1 heterocycles. The lowest BCUT2D eigenvalue weighted by Gasteiger charge is -2.14. The quantitative estimate of drug-likeness (QED) is 0.610. The number of nitrogens with two attached hydrogens (primary N) is 1. The van der Waals surface area contributed by atoms with E-state index in [2.05, 4.69) is 15.7 Å². The molecule has 0 unspecified atom stereocenters. The van der Waals surface area contributed by atoms with Crippen molar-refractivity contribution in [3.05, 3.63) is 12.4 Å². The Morgan fingerprint density at radius 3 is 2.61 bits per heavy atom. The zero-order valence-corrected chi connectivity index (χ0v) is 14.9. The van der Waals surface area contributed by atoms with Crippen LogP contribution in [-0.2, 0) is 16.1 Å². The molecule has 0 spiro atoms. The predicted octanol–water partition coefficient (Wildman–Crippen LogP) is -0.0955. The molecule has 1 atom stereocenters. The third-order valence-electron chi connectivity index (χ3n) is 3.11. The molecule has 0 aliphatic carbocycles. The van der Waals surface area contributed by atoms with E-state index >= 15 is 0 Å². The summed E-state index contributed by atoms with van der Waals surface area (Å²) < 4.78 is 1.47. The molecule has 0 radical (unpaired) electrons. The number of carbonyl (C=O) groups is 2. The van der Waals surface area contributed by atoms with Gasteiger partial charge in [-0.25, -0.2) is 0 Å². The molecule has 1 aromatic heterocycles. The molecule has 1 rings (SSSR count). The number of amides is 2. The second kappa shape index (κ2) is 10.2. The van der Waals surface area contributed by atoms with Gasteiger partial charge in [0.05, 0.1) is 17.9 Å². The third-order valence-corrected chi connectivity index (χ3v) is 3.11. The van der Waals surface area contributed by atoms with Gasteiger partial charge in [-0.1, -0.05) is 13.8 Å². The van der Waals surface area contributed by atoms with E-state index in [1.165, 1.54) is 10.9 Å². The van der Waals surface area contributed by atoms with E-state index in [0.717, 1.165) is 6.54 Å². The van der Waals surface area contributed by atoms with Crippen molar-refractivity contribution in [2.24, 2.45) is 11.7 Å². The Morgan fingerprint density at radius 2 is 2.04 bits per heavy atom. The van der Waals surface area contributed by atoms with Gasteiger partial charge < -0.3 is 21.3 Å². The van der Waals surface area contributed by atoms with Crippen LogP contribution in [0.1, 0.15) is 13.8 Å². The Labute approximate surface area is 143 Å². The molecule has 0 bridgehead atoms. The fraction of sp³-hybridized carbons (Fsp3) is 0.643. The number of rotatable bonds is 8. The van der Waals surface area contributed by atoms with Gasteiger partial charge in [0.15, 0.2) is 0 Å². The van der Waals surface area contributed by atoms with Gasteiger partial charge in [0.25, 0.3) is 0 Å². The highest BCUT2D eigenvalue weighted by atomic mass is 35.5. The summed E-state index contributed by atoms with van der Waals surface area (Å²) in [5, 5.41) is 9.53. The van der Waals surface area contributed by atoms with Crippen LogP contribution < -0.4 is 16.4 Å². The fourth-order valence-electron chi connectivity index (χ4n) is 1.66. The van der Waals surface area contributed by atoms with Gasteiger partial charge in [0.1, 0.15) is 6.54 Å². The molecule has 0 saturated heterocycles. The number of likely N-dealkylation sites (N-methyl/N-ethyl adjacent to an activating group) is 1. The highest BCUT2D eigenvalue weighted by Crippen LogP contribution is 2.07. The monoisotopic (exact) mass is 346 g/mol. The van der Waals surface area contributed by atoms with Crippen LogP contribution in [0.15, 0.2) is 12.4 Å². The summed E-state index contributed by atoms with van der Waals surface area (Å²) >= 11 is 0. The number of aromatic nitrogens is 2. The zero-order chi connectivity index (χ0) is 16.7. The van der Waals surface area contributed by atoms with E-state index in [1.807, 2.05) is 32.8 Å². The lowest BCUT2D eigenvalue weighted by atomic mass is 10.1. The number of nitrogens with one attached hydrogen (secondary N) is 2. The molecule has 8 nitrogen and oxygen atoms in total. The predicted molar refractivity (Wildman–Crippen MR) is 92.5 cm³/mol. The topological polar surface area (TPSA) is 105 Å². The molecule has 23 heavy (non-hydrogen) atoms. The number of halogens is 1. The van der Waals surface area contributed by atoms with Crippen molar-refractivity contribution in [1.29, 1.82) is 0 Å². The standard InChI is InChI=1S/C14H26N6O2.ClH/c1-10(2)13(15)14(22)18-11-7-17-20(8-11)9-12(21)16-5-6-19(3)4;/h7-8,10,13H,5-6,9,15H2,1-4H3,(H,16,21)(H,18,22);1H/t13-;/m0./s1. The molecule has 2 amide bonds. The lowest BCUT2D eigenvalue weighted by molar-refractivity contribution is -0.122. The highest BCUT2D eigenvalue weighted by Gasteiger charge is 2.17. The minimum Gasteiger partial charge on any atom is -0.353 e. The van der Waals surface area contributed by atoms with Crippen molar-refractivity contribution in [3.63, 3.8) is 0 Å². The summed E-state index contributed by atoms with van der Waals surface area (Å²) in [4.78, 5) is 25.5. The van der Waals surface area contributed by atoms with Crippen molar-refractivity contribution in [2.75, 3.05) is 32.5 Å². The lowest BCUT2D eigenvalue weighted by Crippen LogP contribution is -2.39. The summed E-state index contributed by atoms with van der Waals surface area (Å²) in [6.45, 7) is 5.23. The second-order valence-corrected chi connectivity index (χ2v) is 5.84. The van der Waals surface area contributed by atoms with E-state index < -0.39 is 6.04 Å². The van der Waals surface area contributed by atoms with E-state index in [9.17, 15) is 9.59 Å². The highest BCUT2D eigenvalue weighted by molar-refractivity contribution is 5.94. The van der Waals surface area contributed by atoms with Crippen LogP contribution in [0.3, 0.4) is 0 Å². The van der Waals surface area contributed by atoms with Gasteiger partial charge in [0.2, 0.25) is 11.8 Å². The third kappa shape index (κ3) is 7.96. The van der Waals surface area contributed by atoms with Crippen LogP contribution in [0.25, 0.3) is 0 Å². The Kier molecular flexibility index (Phi) is 9.47. The zero-order valence-electron chi connectivity index (χ0n) is 14.1. The first kappa shape index (κ1) is 21.4.